The average molecular weight is 368 g/mol. The van der Waals surface area contributed by atoms with Gasteiger partial charge in [0, 0.05) is 72.8 Å². The quantitative estimate of drug-likeness (QED) is 0.663. The predicted octanol–water partition coefficient (Wildman–Crippen LogP) is 1.73. The first-order valence-electron chi connectivity index (χ1n) is 6.23. The van der Waals surface area contributed by atoms with E-state index < -0.39 is 23.6 Å². The summed E-state index contributed by atoms with van der Waals surface area (Å²) < 4.78 is 0. The molecular formula is C15H7N2O4Y-. The summed E-state index contributed by atoms with van der Waals surface area (Å²) >= 11 is 0. The third-order valence-corrected chi connectivity index (χ3v) is 3.89. The number of benzene rings is 2. The SMILES string of the molecule is CN1C(=O)c2ccc3c4c(ccc(c24)C1=O)C(=O)[N-]C3=O.[Y]. The third kappa shape index (κ3) is 1.68. The van der Waals surface area contributed by atoms with E-state index in [2.05, 4.69) is 5.32 Å². The van der Waals surface area contributed by atoms with E-state index in [-0.39, 0.29) is 43.8 Å². The fourth-order valence-electron chi connectivity index (χ4n) is 2.87. The molecule has 0 aromatic heterocycles. The van der Waals surface area contributed by atoms with Crippen molar-refractivity contribution in [1.29, 1.82) is 0 Å². The van der Waals surface area contributed by atoms with Crippen LogP contribution in [0.2, 0.25) is 0 Å². The van der Waals surface area contributed by atoms with Crippen LogP contribution in [-0.4, -0.2) is 35.6 Å². The number of carbonyl (C=O) groups is 4. The maximum atomic E-state index is 12.2. The summed E-state index contributed by atoms with van der Waals surface area (Å²) in [4.78, 5) is 49.2. The molecule has 0 atom stereocenters. The zero-order valence-electron chi connectivity index (χ0n) is 11.4. The summed E-state index contributed by atoms with van der Waals surface area (Å²) in [5, 5.41) is 4.17. The monoisotopic (exact) mass is 368 g/mol. The molecule has 2 aliphatic heterocycles. The first-order chi connectivity index (χ1) is 10.0. The summed E-state index contributed by atoms with van der Waals surface area (Å²) in [6, 6.07) is 5.95. The summed E-state index contributed by atoms with van der Waals surface area (Å²) in [6.07, 6.45) is 0. The van der Waals surface area contributed by atoms with E-state index in [1.807, 2.05) is 0 Å². The fraction of sp³-hybridized carbons (Fsp3) is 0.0667. The average Bonchev–Trinajstić information content (AvgIpc) is 2.48. The van der Waals surface area contributed by atoms with Crippen molar-refractivity contribution in [1.82, 2.24) is 4.90 Å². The Labute approximate surface area is 149 Å². The Kier molecular flexibility index (Phi) is 3.27. The number of rotatable bonds is 0. The molecule has 0 saturated heterocycles. The second-order valence-corrected chi connectivity index (χ2v) is 4.96. The molecule has 2 aromatic carbocycles. The Morgan fingerprint density at radius 3 is 1.55 bits per heavy atom. The van der Waals surface area contributed by atoms with Gasteiger partial charge in [0.1, 0.15) is 0 Å². The number of carbonyl (C=O) groups excluding carboxylic acids is 4. The van der Waals surface area contributed by atoms with Gasteiger partial charge in [-0.25, -0.2) is 0 Å². The minimum absolute atomic E-state index is 0. The number of imide groups is 2. The van der Waals surface area contributed by atoms with Gasteiger partial charge in [0.25, 0.3) is 11.8 Å². The standard InChI is InChI=1S/C15H8N2O4.Y/c1-17-14(20)8-4-2-6-10-7(13(19)16-12(6)18)3-5-9(11(8)10)15(17)21;/h2-5H,1H3,(H,16,18,19);/p-1. The summed E-state index contributed by atoms with van der Waals surface area (Å²) in [7, 11) is 1.40. The van der Waals surface area contributed by atoms with Gasteiger partial charge in [-0.1, -0.05) is 12.1 Å². The summed E-state index contributed by atoms with van der Waals surface area (Å²) in [5.74, 6) is -2.18. The van der Waals surface area contributed by atoms with Crippen LogP contribution in [0, 0.1) is 0 Å². The van der Waals surface area contributed by atoms with E-state index in [0.717, 1.165) is 4.90 Å². The van der Waals surface area contributed by atoms with Crippen molar-refractivity contribution in [2.75, 3.05) is 7.05 Å². The maximum absolute atomic E-state index is 12.2. The number of hydrogen-bond donors (Lipinski definition) is 0. The van der Waals surface area contributed by atoms with Crippen molar-refractivity contribution >= 4 is 34.4 Å². The summed E-state index contributed by atoms with van der Waals surface area (Å²) in [5.41, 5.74) is 1.12. The number of nitrogens with zero attached hydrogens (tertiary/aromatic N) is 2. The third-order valence-electron chi connectivity index (χ3n) is 3.89. The molecule has 0 saturated carbocycles. The second-order valence-electron chi connectivity index (χ2n) is 4.96. The van der Waals surface area contributed by atoms with Gasteiger partial charge in [0.05, 0.1) is 11.8 Å². The van der Waals surface area contributed by atoms with Crippen LogP contribution in [-0.2, 0) is 32.7 Å². The fourth-order valence-corrected chi connectivity index (χ4v) is 2.87. The molecule has 0 unspecified atom stereocenters. The van der Waals surface area contributed by atoms with Crippen molar-refractivity contribution in [2.24, 2.45) is 0 Å². The Hall–Kier alpha value is -1.92. The van der Waals surface area contributed by atoms with Crippen LogP contribution >= 0.6 is 0 Å². The van der Waals surface area contributed by atoms with Gasteiger partial charge in [0.15, 0.2) is 0 Å². The van der Waals surface area contributed by atoms with Gasteiger partial charge in [-0.3, -0.25) is 14.5 Å². The molecule has 0 bridgehead atoms. The largest absolute Gasteiger partial charge is 0.587 e. The molecule has 4 amide bonds. The van der Waals surface area contributed by atoms with Crippen LogP contribution in [0.4, 0.5) is 0 Å². The second kappa shape index (κ2) is 4.79. The Balaban J connectivity index is 0.00000144. The van der Waals surface area contributed by atoms with Gasteiger partial charge in [-0.15, -0.1) is 0 Å². The molecule has 2 heterocycles. The zero-order valence-corrected chi connectivity index (χ0v) is 14.3. The molecule has 0 aliphatic carbocycles. The molecular weight excluding hydrogens is 361 g/mol. The molecule has 7 heteroatoms. The van der Waals surface area contributed by atoms with E-state index in [0.29, 0.717) is 21.9 Å². The smallest absolute Gasteiger partial charge is 0.261 e. The molecule has 6 nitrogen and oxygen atoms in total. The van der Waals surface area contributed by atoms with Crippen LogP contribution in [0.15, 0.2) is 24.3 Å². The maximum Gasteiger partial charge on any atom is 0.261 e. The Morgan fingerprint density at radius 2 is 1.09 bits per heavy atom. The summed E-state index contributed by atoms with van der Waals surface area (Å²) in [6.45, 7) is 0. The van der Waals surface area contributed by atoms with Crippen molar-refractivity contribution < 1.29 is 51.9 Å². The number of amides is 4. The van der Waals surface area contributed by atoms with Crippen LogP contribution in [0.1, 0.15) is 41.4 Å². The first-order valence-corrected chi connectivity index (χ1v) is 6.23. The molecule has 0 fully saturated rings. The van der Waals surface area contributed by atoms with E-state index in [1.165, 1.54) is 31.3 Å². The van der Waals surface area contributed by atoms with E-state index in [9.17, 15) is 19.2 Å². The molecule has 2 aliphatic rings. The van der Waals surface area contributed by atoms with Gasteiger partial charge < -0.3 is 14.9 Å². The topological polar surface area (TPSA) is 85.6 Å². The van der Waals surface area contributed by atoms with Crippen molar-refractivity contribution in [2.45, 2.75) is 0 Å². The minimum atomic E-state index is -0.643. The van der Waals surface area contributed by atoms with Gasteiger partial charge in [-0.05, 0) is 12.1 Å². The van der Waals surface area contributed by atoms with Crippen LogP contribution < -0.4 is 0 Å². The number of hydrogen-bond acceptors (Lipinski definition) is 4. The Bertz CT molecular complexity index is 851. The Morgan fingerprint density at radius 1 is 0.727 bits per heavy atom. The molecule has 1 radical (unpaired) electrons. The molecule has 4 rings (SSSR count). The zero-order chi connectivity index (χ0) is 14.9. The molecule has 0 spiro atoms. The molecule has 0 N–H and O–H groups in total. The predicted molar refractivity (Wildman–Crippen MR) is 72.4 cm³/mol. The van der Waals surface area contributed by atoms with Crippen LogP contribution in [0.25, 0.3) is 16.1 Å². The van der Waals surface area contributed by atoms with Crippen LogP contribution in [0.5, 0.6) is 0 Å². The minimum Gasteiger partial charge on any atom is -0.587 e. The van der Waals surface area contributed by atoms with E-state index in [1.54, 1.807) is 0 Å². The molecule has 22 heavy (non-hydrogen) atoms. The first kappa shape index (κ1) is 15.0. The molecule has 105 valence electrons. The van der Waals surface area contributed by atoms with E-state index in [4.69, 9.17) is 0 Å². The van der Waals surface area contributed by atoms with Gasteiger partial charge in [0.2, 0.25) is 0 Å². The normalized spacial score (nSPS) is 15.8. The van der Waals surface area contributed by atoms with Gasteiger partial charge in [-0.2, -0.15) is 0 Å². The van der Waals surface area contributed by atoms with Gasteiger partial charge >= 0.3 is 0 Å². The van der Waals surface area contributed by atoms with Crippen molar-refractivity contribution in [3.05, 3.63) is 51.8 Å². The van der Waals surface area contributed by atoms with Crippen molar-refractivity contribution in [3.8, 4) is 0 Å². The van der Waals surface area contributed by atoms with Crippen molar-refractivity contribution in [3.63, 3.8) is 0 Å². The molecule has 2 aromatic rings. The van der Waals surface area contributed by atoms with E-state index >= 15 is 0 Å². The van der Waals surface area contributed by atoms with Crippen LogP contribution in [0.3, 0.4) is 0 Å².